The fourth-order valence-corrected chi connectivity index (χ4v) is 1.84. The van der Waals surface area contributed by atoms with E-state index < -0.39 is 0 Å². The number of carbonyl (C=O) groups excluding carboxylic acids is 1. The molecular formula is C13H15NO4. The molecule has 0 aliphatic rings. The minimum Gasteiger partial charge on any atom is -0.466 e. The number of aromatic nitrogens is 1. The predicted octanol–water partition coefficient (Wildman–Crippen LogP) is 1.94. The lowest BCUT2D eigenvalue weighted by molar-refractivity contribution is -0.143. The maximum absolute atomic E-state index is 11.6. The van der Waals surface area contributed by atoms with E-state index in [2.05, 4.69) is 0 Å². The van der Waals surface area contributed by atoms with Crippen molar-refractivity contribution in [1.82, 2.24) is 4.57 Å². The number of nitrogens with zero attached hydrogens (tertiary/aromatic N) is 1. The van der Waals surface area contributed by atoms with E-state index in [1.165, 1.54) is 4.57 Å². The van der Waals surface area contributed by atoms with E-state index in [1.54, 1.807) is 13.0 Å². The van der Waals surface area contributed by atoms with Crippen LogP contribution in [0, 0.1) is 0 Å². The number of oxazole rings is 1. The zero-order valence-electron chi connectivity index (χ0n) is 10.2. The first-order chi connectivity index (χ1) is 8.72. The second-order valence-electron chi connectivity index (χ2n) is 3.90. The van der Waals surface area contributed by atoms with Gasteiger partial charge in [-0.25, -0.2) is 4.79 Å². The average Bonchev–Trinajstić information content (AvgIpc) is 2.66. The van der Waals surface area contributed by atoms with Crippen molar-refractivity contribution in [2.24, 2.45) is 0 Å². The van der Waals surface area contributed by atoms with Gasteiger partial charge in [-0.1, -0.05) is 12.1 Å². The molecule has 1 aromatic heterocycles. The SMILES string of the molecule is CCOC(=O)CCCn1c(=O)oc2ccccc21. The number of hydrogen-bond donors (Lipinski definition) is 0. The van der Waals surface area contributed by atoms with Crippen molar-refractivity contribution in [2.45, 2.75) is 26.3 Å². The molecule has 0 saturated carbocycles. The van der Waals surface area contributed by atoms with Gasteiger partial charge in [-0.05, 0) is 25.5 Å². The van der Waals surface area contributed by atoms with E-state index in [9.17, 15) is 9.59 Å². The van der Waals surface area contributed by atoms with Crippen LogP contribution in [0.25, 0.3) is 11.1 Å². The first kappa shape index (κ1) is 12.4. The summed E-state index contributed by atoms with van der Waals surface area (Å²) in [4.78, 5) is 22.8. The molecule has 0 aliphatic carbocycles. The van der Waals surface area contributed by atoms with Crippen LogP contribution in [0.5, 0.6) is 0 Å². The first-order valence-electron chi connectivity index (χ1n) is 5.96. The van der Waals surface area contributed by atoms with Crippen molar-refractivity contribution in [3.8, 4) is 0 Å². The summed E-state index contributed by atoms with van der Waals surface area (Å²) < 4.78 is 11.5. The number of rotatable bonds is 5. The van der Waals surface area contributed by atoms with Crippen molar-refractivity contribution < 1.29 is 13.9 Å². The summed E-state index contributed by atoms with van der Waals surface area (Å²) in [6.07, 6.45) is 0.863. The highest BCUT2D eigenvalue weighted by molar-refractivity contribution is 5.72. The number of para-hydroxylation sites is 2. The normalized spacial score (nSPS) is 10.7. The predicted molar refractivity (Wildman–Crippen MR) is 66.3 cm³/mol. The van der Waals surface area contributed by atoms with E-state index in [4.69, 9.17) is 9.15 Å². The van der Waals surface area contributed by atoms with Crippen LogP contribution >= 0.6 is 0 Å². The van der Waals surface area contributed by atoms with Crippen molar-refractivity contribution in [3.05, 3.63) is 34.8 Å². The molecule has 1 heterocycles. The van der Waals surface area contributed by atoms with Crippen LogP contribution in [-0.4, -0.2) is 17.1 Å². The Hall–Kier alpha value is -2.04. The Balaban J connectivity index is 2.06. The minimum atomic E-state index is -0.389. The number of benzene rings is 1. The fraction of sp³-hybridized carbons (Fsp3) is 0.385. The molecule has 0 bridgehead atoms. The third-order valence-electron chi connectivity index (χ3n) is 2.64. The molecule has 0 aliphatic heterocycles. The Morgan fingerprint density at radius 2 is 2.17 bits per heavy atom. The molecule has 18 heavy (non-hydrogen) atoms. The molecular weight excluding hydrogens is 234 g/mol. The summed E-state index contributed by atoms with van der Waals surface area (Å²) >= 11 is 0. The molecule has 0 amide bonds. The van der Waals surface area contributed by atoms with Gasteiger partial charge < -0.3 is 9.15 Å². The molecule has 2 aromatic rings. The number of ether oxygens (including phenoxy) is 1. The lowest BCUT2D eigenvalue weighted by atomic mass is 10.3. The number of esters is 1. The summed E-state index contributed by atoms with van der Waals surface area (Å²) in [5.41, 5.74) is 1.32. The van der Waals surface area contributed by atoms with Crippen LogP contribution in [0.3, 0.4) is 0 Å². The Morgan fingerprint density at radius 3 is 2.94 bits per heavy atom. The highest BCUT2D eigenvalue weighted by atomic mass is 16.5. The largest absolute Gasteiger partial charge is 0.466 e. The zero-order valence-corrected chi connectivity index (χ0v) is 10.2. The topological polar surface area (TPSA) is 61.4 Å². The lowest BCUT2D eigenvalue weighted by Crippen LogP contribution is -2.15. The third-order valence-corrected chi connectivity index (χ3v) is 2.64. The average molecular weight is 249 g/mol. The van der Waals surface area contributed by atoms with E-state index >= 15 is 0 Å². The third kappa shape index (κ3) is 2.61. The standard InChI is InChI=1S/C13H15NO4/c1-2-17-12(15)8-5-9-14-10-6-3-4-7-11(10)18-13(14)16/h3-4,6-7H,2,5,8-9H2,1H3. The lowest BCUT2D eigenvalue weighted by Gasteiger charge is -2.02. The second kappa shape index (κ2) is 5.53. The molecule has 5 nitrogen and oxygen atoms in total. The Labute approximate surface area is 104 Å². The highest BCUT2D eigenvalue weighted by Gasteiger charge is 2.09. The van der Waals surface area contributed by atoms with Crippen molar-refractivity contribution >= 4 is 17.1 Å². The molecule has 0 spiro atoms. The Bertz CT molecular complexity index is 596. The van der Waals surface area contributed by atoms with Crippen LogP contribution in [0.4, 0.5) is 0 Å². The van der Waals surface area contributed by atoms with E-state index in [0.717, 1.165) is 5.52 Å². The van der Waals surface area contributed by atoms with Crippen molar-refractivity contribution in [2.75, 3.05) is 6.61 Å². The maximum Gasteiger partial charge on any atom is 0.419 e. The maximum atomic E-state index is 11.6. The van der Waals surface area contributed by atoms with Crippen LogP contribution in [0.2, 0.25) is 0 Å². The number of fused-ring (bicyclic) bond motifs is 1. The van der Waals surface area contributed by atoms with E-state index in [0.29, 0.717) is 31.6 Å². The summed E-state index contributed by atoms with van der Waals surface area (Å²) in [5, 5.41) is 0. The number of hydrogen-bond acceptors (Lipinski definition) is 4. The minimum absolute atomic E-state index is 0.238. The summed E-state index contributed by atoms with van der Waals surface area (Å²) in [7, 11) is 0. The van der Waals surface area contributed by atoms with Gasteiger partial charge in [0.15, 0.2) is 5.58 Å². The van der Waals surface area contributed by atoms with Gasteiger partial charge in [0.25, 0.3) is 0 Å². The molecule has 1 aromatic carbocycles. The number of aryl methyl sites for hydroxylation is 1. The van der Waals surface area contributed by atoms with E-state index in [1.807, 2.05) is 18.2 Å². The summed E-state index contributed by atoms with van der Waals surface area (Å²) in [6, 6.07) is 7.23. The zero-order chi connectivity index (χ0) is 13.0. The molecule has 2 rings (SSSR count). The van der Waals surface area contributed by atoms with E-state index in [-0.39, 0.29) is 11.7 Å². The van der Waals surface area contributed by atoms with Crippen molar-refractivity contribution in [3.63, 3.8) is 0 Å². The Morgan fingerprint density at radius 1 is 1.39 bits per heavy atom. The van der Waals surface area contributed by atoms with Crippen LogP contribution in [-0.2, 0) is 16.1 Å². The van der Waals surface area contributed by atoms with Gasteiger partial charge in [-0.3, -0.25) is 9.36 Å². The van der Waals surface area contributed by atoms with Gasteiger partial charge >= 0.3 is 11.7 Å². The van der Waals surface area contributed by atoms with Gasteiger partial charge in [0.05, 0.1) is 12.1 Å². The second-order valence-corrected chi connectivity index (χ2v) is 3.90. The van der Waals surface area contributed by atoms with Gasteiger partial charge in [0, 0.05) is 13.0 Å². The van der Waals surface area contributed by atoms with Gasteiger partial charge in [0.1, 0.15) is 0 Å². The Kier molecular flexibility index (Phi) is 3.82. The fourth-order valence-electron chi connectivity index (χ4n) is 1.84. The molecule has 0 N–H and O–H groups in total. The molecule has 0 fully saturated rings. The van der Waals surface area contributed by atoms with Gasteiger partial charge in [-0.15, -0.1) is 0 Å². The monoisotopic (exact) mass is 249 g/mol. The molecule has 5 heteroatoms. The first-order valence-corrected chi connectivity index (χ1v) is 5.96. The molecule has 0 atom stereocenters. The quantitative estimate of drug-likeness (QED) is 0.760. The van der Waals surface area contributed by atoms with Crippen LogP contribution in [0.15, 0.2) is 33.5 Å². The number of carbonyl (C=O) groups is 1. The van der Waals surface area contributed by atoms with Crippen molar-refractivity contribution in [1.29, 1.82) is 0 Å². The molecule has 0 radical (unpaired) electrons. The summed E-state index contributed by atoms with van der Waals surface area (Å²) in [6.45, 7) is 2.61. The smallest absolute Gasteiger partial charge is 0.419 e. The molecule has 0 saturated heterocycles. The highest BCUT2D eigenvalue weighted by Crippen LogP contribution is 2.12. The van der Waals surface area contributed by atoms with Gasteiger partial charge in [0.2, 0.25) is 0 Å². The van der Waals surface area contributed by atoms with Gasteiger partial charge in [-0.2, -0.15) is 0 Å². The van der Waals surface area contributed by atoms with Crippen LogP contribution < -0.4 is 5.76 Å². The molecule has 0 unspecified atom stereocenters. The molecule has 96 valence electrons. The van der Waals surface area contributed by atoms with Crippen LogP contribution in [0.1, 0.15) is 19.8 Å². The summed E-state index contributed by atoms with van der Waals surface area (Å²) in [5.74, 6) is -0.626.